The SMILES string of the molecule is CCS[C@@H]1CC[C@@H](NC[C@H]2CCSC2)C1. The summed E-state index contributed by atoms with van der Waals surface area (Å²) < 4.78 is 0. The molecule has 2 aliphatic rings. The van der Waals surface area contributed by atoms with E-state index in [1.807, 2.05) is 0 Å². The lowest BCUT2D eigenvalue weighted by molar-refractivity contribution is 0.455. The first-order valence-corrected chi connectivity index (χ1v) is 8.51. The minimum Gasteiger partial charge on any atom is -0.314 e. The van der Waals surface area contributed by atoms with E-state index in [4.69, 9.17) is 0 Å². The molecule has 2 rings (SSSR count). The maximum atomic E-state index is 3.79. The fraction of sp³-hybridized carbons (Fsp3) is 1.00. The molecule has 1 aliphatic carbocycles. The standard InChI is InChI=1S/C12H23NS2/c1-2-15-12-4-3-11(7-12)13-8-10-5-6-14-9-10/h10-13H,2-9H2,1H3/t10-,11-,12-/m1/s1. The van der Waals surface area contributed by atoms with E-state index in [0.717, 1.165) is 17.2 Å². The Morgan fingerprint density at radius 3 is 3.00 bits per heavy atom. The van der Waals surface area contributed by atoms with Crippen molar-refractivity contribution >= 4 is 23.5 Å². The average molecular weight is 245 g/mol. The summed E-state index contributed by atoms with van der Waals surface area (Å²) in [5.41, 5.74) is 0. The number of rotatable bonds is 5. The third kappa shape index (κ3) is 3.86. The molecule has 0 unspecified atom stereocenters. The van der Waals surface area contributed by atoms with Crippen molar-refractivity contribution < 1.29 is 0 Å². The van der Waals surface area contributed by atoms with Crippen molar-refractivity contribution in [2.75, 3.05) is 23.8 Å². The van der Waals surface area contributed by atoms with Crippen LogP contribution in [0.4, 0.5) is 0 Å². The first-order valence-electron chi connectivity index (χ1n) is 6.31. The van der Waals surface area contributed by atoms with E-state index >= 15 is 0 Å². The van der Waals surface area contributed by atoms with Crippen LogP contribution in [0.5, 0.6) is 0 Å². The Morgan fingerprint density at radius 1 is 1.33 bits per heavy atom. The van der Waals surface area contributed by atoms with Gasteiger partial charge in [-0.3, -0.25) is 0 Å². The molecular weight excluding hydrogens is 222 g/mol. The van der Waals surface area contributed by atoms with Crippen LogP contribution >= 0.6 is 23.5 Å². The van der Waals surface area contributed by atoms with E-state index in [-0.39, 0.29) is 0 Å². The maximum absolute atomic E-state index is 3.79. The lowest BCUT2D eigenvalue weighted by Crippen LogP contribution is -2.31. The predicted octanol–water partition coefficient (Wildman–Crippen LogP) is 3.00. The summed E-state index contributed by atoms with van der Waals surface area (Å²) in [5.74, 6) is 5.04. The van der Waals surface area contributed by atoms with Crippen molar-refractivity contribution in [1.82, 2.24) is 5.32 Å². The molecular formula is C12H23NS2. The second-order valence-corrected chi connectivity index (χ2v) is 7.45. The van der Waals surface area contributed by atoms with E-state index in [1.165, 1.54) is 49.5 Å². The maximum Gasteiger partial charge on any atom is 0.00781 e. The van der Waals surface area contributed by atoms with Crippen LogP contribution < -0.4 is 5.32 Å². The summed E-state index contributed by atoms with van der Waals surface area (Å²) in [6.45, 7) is 3.56. The molecule has 0 radical (unpaired) electrons. The first-order chi connectivity index (χ1) is 7.38. The van der Waals surface area contributed by atoms with Gasteiger partial charge in [-0.25, -0.2) is 0 Å². The molecule has 0 aromatic heterocycles. The van der Waals surface area contributed by atoms with Crippen molar-refractivity contribution in [1.29, 1.82) is 0 Å². The molecule has 0 aromatic rings. The third-order valence-electron chi connectivity index (χ3n) is 3.51. The van der Waals surface area contributed by atoms with Gasteiger partial charge in [0.25, 0.3) is 0 Å². The molecule has 88 valence electrons. The van der Waals surface area contributed by atoms with Gasteiger partial charge in [0, 0.05) is 11.3 Å². The van der Waals surface area contributed by atoms with Crippen LogP contribution in [0.15, 0.2) is 0 Å². The molecule has 0 bridgehead atoms. The summed E-state index contributed by atoms with van der Waals surface area (Å²) >= 11 is 4.29. The van der Waals surface area contributed by atoms with E-state index < -0.39 is 0 Å². The highest BCUT2D eigenvalue weighted by Crippen LogP contribution is 2.30. The zero-order valence-electron chi connectivity index (χ0n) is 9.71. The van der Waals surface area contributed by atoms with Crippen molar-refractivity contribution in [2.45, 2.75) is 43.9 Å². The molecule has 0 spiro atoms. The summed E-state index contributed by atoms with van der Waals surface area (Å²) in [6, 6.07) is 0.833. The number of nitrogens with one attached hydrogen (secondary N) is 1. The van der Waals surface area contributed by atoms with Gasteiger partial charge in [-0.2, -0.15) is 23.5 Å². The molecule has 0 aromatic carbocycles. The van der Waals surface area contributed by atoms with Crippen LogP contribution in [0.3, 0.4) is 0 Å². The van der Waals surface area contributed by atoms with Gasteiger partial charge < -0.3 is 5.32 Å². The van der Waals surface area contributed by atoms with Crippen LogP contribution in [0, 0.1) is 5.92 Å². The highest BCUT2D eigenvalue weighted by Gasteiger charge is 2.25. The van der Waals surface area contributed by atoms with Gasteiger partial charge in [0.15, 0.2) is 0 Å². The number of thioether (sulfide) groups is 2. The number of hydrogen-bond acceptors (Lipinski definition) is 3. The fourth-order valence-electron chi connectivity index (χ4n) is 2.59. The summed E-state index contributed by atoms with van der Waals surface area (Å²) in [4.78, 5) is 0. The third-order valence-corrected chi connectivity index (χ3v) is 5.97. The van der Waals surface area contributed by atoms with Gasteiger partial charge in [-0.1, -0.05) is 6.92 Å². The van der Waals surface area contributed by atoms with Gasteiger partial charge in [-0.15, -0.1) is 0 Å². The summed E-state index contributed by atoms with van der Waals surface area (Å²) in [7, 11) is 0. The van der Waals surface area contributed by atoms with Crippen LogP contribution in [0.2, 0.25) is 0 Å². The van der Waals surface area contributed by atoms with E-state index in [1.54, 1.807) is 0 Å². The Balaban J connectivity index is 1.59. The predicted molar refractivity (Wildman–Crippen MR) is 73.0 cm³/mol. The first kappa shape index (κ1) is 12.1. The molecule has 1 heterocycles. The molecule has 1 saturated heterocycles. The molecule has 2 fully saturated rings. The Hall–Kier alpha value is 0.660. The smallest absolute Gasteiger partial charge is 0.00781 e. The molecule has 3 atom stereocenters. The highest BCUT2D eigenvalue weighted by molar-refractivity contribution is 7.99. The van der Waals surface area contributed by atoms with E-state index in [2.05, 4.69) is 35.8 Å². The second kappa shape index (κ2) is 6.41. The van der Waals surface area contributed by atoms with Crippen molar-refractivity contribution in [2.24, 2.45) is 5.92 Å². The molecule has 1 saturated carbocycles. The summed E-state index contributed by atoms with van der Waals surface area (Å²) in [6.07, 6.45) is 5.71. The molecule has 1 nitrogen and oxygen atoms in total. The molecule has 1 N–H and O–H groups in total. The van der Waals surface area contributed by atoms with Gasteiger partial charge in [-0.05, 0) is 55.4 Å². The van der Waals surface area contributed by atoms with Crippen LogP contribution in [-0.4, -0.2) is 35.1 Å². The topological polar surface area (TPSA) is 12.0 Å². The monoisotopic (exact) mass is 245 g/mol. The van der Waals surface area contributed by atoms with Crippen molar-refractivity contribution in [3.05, 3.63) is 0 Å². The largest absolute Gasteiger partial charge is 0.314 e. The van der Waals surface area contributed by atoms with Crippen LogP contribution in [-0.2, 0) is 0 Å². The Labute approximate surface area is 103 Å². The Morgan fingerprint density at radius 2 is 2.27 bits per heavy atom. The zero-order valence-corrected chi connectivity index (χ0v) is 11.3. The fourth-order valence-corrected chi connectivity index (χ4v) is 5.02. The number of hydrogen-bond donors (Lipinski definition) is 1. The average Bonchev–Trinajstić information content (AvgIpc) is 2.85. The zero-order chi connectivity index (χ0) is 10.5. The molecule has 1 aliphatic heterocycles. The summed E-state index contributed by atoms with van der Waals surface area (Å²) in [5, 5.41) is 4.73. The molecule has 0 amide bonds. The lowest BCUT2D eigenvalue weighted by Gasteiger charge is -2.16. The normalized spacial score (nSPS) is 36.2. The quantitative estimate of drug-likeness (QED) is 0.800. The van der Waals surface area contributed by atoms with E-state index in [0.29, 0.717) is 0 Å². The van der Waals surface area contributed by atoms with Gasteiger partial charge in [0.2, 0.25) is 0 Å². The molecule has 3 heteroatoms. The minimum atomic E-state index is 0.833. The van der Waals surface area contributed by atoms with E-state index in [9.17, 15) is 0 Å². The Kier molecular flexibility index (Phi) is 5.18. The molecule has 15 heavy (non-hydrogen) atoms. The second-order valence-electron chi connectivity index (χ2n) is 4.73. The highest BCUT2D eigenvalue weighted by atomic mass is 32.2. The van der Waals surface area contributed by atoms with Crippen molar-refractivity contribution in [3.63, 3.8) is 0 Å². The van der Waals surface area contributed by atoms with Crippen LogP contribution in [0.25, 0.3) is 0 Å². The van der Waals surface area contributed by atoms with Gasteiger partial charge >= 0.3 is 0 Å². The van der Waals surface area contributed by atoms with Crippen molar-refractivity contribution in [3.8, 4) is 0 Å². The van der Waals surface area contributed by atoms with Gasteiger partial charge in [0.1, 0.15) is 0 Å². The Bertz CT molecular complexity index is 180. The van der Waals surface area contributed by atoms with Crippen LogP contribution in [0.1, 0.15) is 32.6 Å². The minimum absolute atomic E-state index is 0.833. The lowest BCUT2D eigenvalue weighted by atomic mass is 10.1. The van der Waals surface area contributed by atoms with Gasteiger partial charge in [0.05, 0.1) is 0 Å².